The Balaban J connectivity index is 2.32. The molecule has 0 saturated carbocycles. The predicted octanol–water partition coefficient (Wildman–Crippen LogP) is 0.942. The van der Waals surface area contributed by atoms with Crippen LogP contribution in [-0.4, -0.2) is 35.1 Å². The Hall–Kier alpha value is -1.73. The molecule has 0 aliphatic heterocycles. The number of hydrogen-bond acceptors (Lipinski definition) is 4. The second-order valence-corrected chi connectivity index (χ2v) is 4.79. The van der Waals surface area contributed by atoms with Crippen molar-refractivity contribution in [2.24, 2.45) is 0 Å². The molecule has 6 heteroatoms. The summed E-state index contributed by atoms with van der Waals surface area (Å²) < 4.78 is 5.33. The fourth-order valence-electron chi connectivity index (χ4n) is 2.23. The summed E-state index contributed by atoms with van der Waals surface area (Å²) in [6.07, 6.45) is -0.281. The molecule has 21 heavy (non-hydrogen) atoms. The first-order chi connectivity index (χ1) is 10.1. The number of aliphatic hydroxyl groups is 2. The van der Waals surface area contributed by atoms with E-state index in [-0.39, 0.29) is 0 Å². The summed E-state index contributed by atoms with van der Waals surface area (Å²) in [4.78, 5) is 4.14. The van der Waals surface area contributed by atoms with Crippen LogP contribution >= 0.6 is 0 Å². The van der Waals surface area contributed by atoms with Crippen LogP contribution in [0.25, 0.3) is 0 Å². The van der Waals surface area contributed by atoms with Crippen molar-refractivity contribution in [3.8, 4) is 0 Å². The topological polar surface area (TPSA) is 62.6 Å². The highest BCUT2D eigenvalue weighted by molar-refractivity contribution is 6.45. The third-order valence-corrected chi connectivity index (χ3v) is 3.31. The number of benzene rings is 1. The number of nitrogens with zero attached hydrogens (tertiary/aromatic N) is 2. The summed E-state index contributed by atoms with van der Waals surface area (Å²) in [6.45, 7) is 3.15. The van der Waals surface area contributed by atoms with Gasteiger partial charge in [0.05, 0.1) is 0 Å². The van der Waals surface area contributed by atoms with Gasteiger partial charge >= 0.3 is 7.48 Å². The minimum atomic E-state index is -0.965. The van der Waals surface area contributed by atoms with Crippen LogP contribution in [0, 0.1) is 0 Å². The molecule has 109 valence electrons. The number of aliphatic hydroxyl groups excluding tert-OH is 2. The van der Waals surface area contributed by atoms with Crippen LogP contribution < -0.4 is 10.2 Å². The van der Waals surface area contributed by atoms with Crippen molar-refractivity contribution in [1.29, 1.82) is 0 Å². The van der Waals surface area contributed by atoms with E-state index in [4.69, 9.17) is 4.76 Å². The molecule has 2 aromatic rings. The van der Waals surface area contributed by atoms with Gasteiger partial charge in [-0.2, -0.15) is 0 Å². The molecule has 1 heterocycles. The molecule has 0 spiro atoms. The Kier molecular flexibility index (Phi) is 5.09. The molecule has 0 amide bonds. The van der Waals surface area contributed by atoms with Gasteiger partial charge in [0.2, 0.25) is 12.5 Å². The van der Waals surface area contributed by atoms with Crippen LogP contribution in [0.5, 0.6) is 0 Å². The summed E-state index contributed by atoms with van der Waals surface area (Å²) in [6, 6.07) is 14.5. The molecule has 0 aliphatic carbocycles. The summed E-state index contributed by atoms with van der Waals surface area (Å²) in [5, 5.41) is 20.4. The maximum Gasteiger partial charge on any atom is 0.440 e. The lowest BCUT2D eigenvalue weighted by atomic mass is 9.95. The smallest absolute Gasteiger partial charge is 0.342 e. The molecule has 1 aromatic heterocycles. The monoisotopic (exact) mass is 286 g/mol. The van der Waals surface area contributed by atoms with Gasteiger partial charge in [-0.05, 0) is 12.1 Å². The highest BCUT2D eigenvalue weighted by Crippen LogP contribution is 2.28. The summed E-state index contributed by atoms with van der Waals surface area (Å²) in [7, 11) is 1.44. The Morgan fingerprint density at radius 2 is 1.62 bits per heavy atom. The van der Waals surface area contributed by atoms with Crippen molar-refractivity contribution in [3.05, 3.63) is 54.7 Å². The molecular formula is C15H19BN2O3+. The SMILES string of the molecule is CC(O)[N+](O[B]c1ccccn1)(c1ccccc1)C(C)O. The zero-order valence-corrected chi connectivity index (χ0v) is 12.1. The molecule has 2 rings (SSSR count). The normalized spacial score (nSPS) is 16.8. The molecule has 1 aromatic carbocycles. The average Bonchev–Trinajstić information content (AvgIpc) is 2.49. The second-order valence-electron chi connectivity index (χ2n) is 4.79. The van der Waals surface area contributed by atoms with E-state index in [1.165, 1.54) is 7.48 Å². The first kappa shape index (κ1) is 15.7. The van der Waals surface area contributed by atoms with Gasteiger partial charge in [0.1, 0.15) is 0 Å². The highest BCUT2D eigenvalue weighted by Gasteiger charge is 2.43. The first-order valence-electron chi connectivity index (χ1n) is 6.80. The molecule has 2 unspecified atom stereocenters. The molecule has 2 atom stereocenters. The molecule has 5 nitrogen and oxygen atoms in total. The van der Waals surface area contributed by atoms with E-state index in [0.717, 1.165) is 0 Å². The van der Waals surface area contributed by atoms with Crippen molar-refractivity contribution in [2.45, 2.75) is 26.3 Å². The quantitative estimate of drug-likeness (QED) is 0.359. The van der Waals surface area contributed by atoms with Gasteiger partial charge in [-0.15, -0.1) is 4.65 Å². The van der Waals surface area contributed by atoms with Crippen molar-refractivity contribution in [2.75, 3.05) is 0 Å². The molecule has 0 bridgehead atoms. The van der Waals surface area contributed by atoms with Crippen LogP contribution in [0.15, 0.2) is 54.7 Å². The van der Waals surface area contributed by atoms with Gasteiger partial charge in [-0.3, -0.25) is 9.74 Å². The van der Waals surface area contributed by atoms with Crippen molar-refractivity contribution in [1.82, 2.24) is 9.63 Å². The minimum Gasteiger partial charge on any atom is -0.342 e. The predicted molar refractivity (Wildman–Crippen MR) is 82.3 cm³/mol. The number of pyridine rings is 1. The van der Waals surface area contributed by atoms with Gasteiger partial charge in [-0.1, -0.05) is 24.3 Å². The van der Waals surface area contributed by atoms with Crippen LogP contribution in [0.1, 0.15) is 13.8 Å². The van der Waals surface area contributed by atoms with E-state index in [1.54, 1.807) is 44.3 Å². The van der Waals surface area contributed by atoms with Gasteiger partial charge in [0.25, 0.3) is 0 Å². The first-order valence-corrected chi connectivity index (χ1v) is 6.80. The second kappa shape index (κ2) is 6.82. The third-order valence-electron chi connectivity index (χ3n) is 3.31. The van der Waals surface area contributed by atoms with Gasteiger partial charge in [0.15, 0.2) is 5.69 Å². The Labute approximate surface area is 125 Å². The zero-order chi connectivity index (χ0) is 15.3. The Bertz CT molecular complexity index is 541. The van der Waals surface area contributed by atoms with Gasteiger partial charge < -0.3 is 10.2 Å². The van der Waals surface area contributed by atoms with Crippen LogP contribution in [0.3, 0.4) is 0 Å². The molecule has 0 saturated heterocycles. The fourth-order valence-corrected chi connectivity index (χ4v) is 2.23. The number of aromatic nitrogens is 1. The van der Waals surface area contributed by atoms with E-state index in [0.29, 0.717) is 11.3 Å². The standard InChI is InChI=1S/C15H19BN2O3/c1-12(19)18(13(2)20,14-8-4-3-5-9-14)21-16-15-10-6-7-11-17-15/h3-13,19-20H,1-2H3/q+1. The maximum absolute atomic E-state index is 10.2. The van der Waals surface area contributed by atoms with Crippen molar-refractivity contribution < 1.29 is 15.0 Å². The number of para-hydroxylation sites is 1. The number of rotatable bonds is 6. The van der Waals surface area contributed by atoms with Crippen LogP contribution in [-0.2, 0) is 4.76 Å². The minimum absolute atomic E-state index is 0.447. The van der Waals surface area contributed by atoms with Gasteiger partial charge in [0, 0.05) is 37.8 Å². The van der Waals surface area contributed by atoms with Crippen LogP contribution in [0.2, 0.25) is 0 Å². The number of hydroxylamine groups is 2. The lowest BCUT2D eigenvalue weighted by Crippen LogP contribution is -2.62. The van der Waals surface area contributed by atoms with E-state index < -0.39 is 17.1 Å². The maximum atomic E-state index is 10.2. The van der Waals surface area contributed by atoms with Gasteiger partial charge in [-0.25, -0.2) is 0 Å². The number of hydrogen-bond donors (Lipinski definition) is 2. The largest absolute Gasteiger partial charge is 0.440 e. The summed E-state index contributed by atoms with van der Waals surface area (Å²) in [5.74, 6) is 0. The number of quaternary nitrogens is 1. The van der Waals surface area contributed by atoms with E-state index in [2.05, 4.69) is 4.98 Å². The molecule has 0 fully saturated rings. The molecule has 2 N–H and O–H groups in total. The van der Waals surface area contributed by atoms with Crippen LogP contribution in [0.4, 0.5) is 5.69 Å². The Morgan fingerprint density at radius 1 is 1.00 bits per heavy atom. The van der Waals surface area contributed by atoms with Crippen molar-refractivity contribution in [3.63, 3.8) is 0 Å². The lowest BCUT2D eigenvalue weighted by Gasteiger charge is -2.39. The van der Waals surface area contributed by atoms with E-state index in [9.17, 15) is 10.2 Å². The molecular weight excluding hydrogens is 267 g/mol. The summed E-state index contributed by atoms with van der Waals surface area (Å²) >= 11 is 0. The fraction of sp³-hybridized carbons (Fsp3) is 0.267. The average molecular weight is 286 g/mol. The zero-order valence-electron chi connectivity index (χ0n) is 12.1. The van der Waals surface area contributed by atoms with Crippen molar-refractivity contribution >= 4 is 18.8 Å². The van der Waals surface area contributed by atoms with E-state index >= 15 is 0 Å². The highest BCUT2D eigenvalue weighted by atomic mass is 16.7. The third kappa shape index (κ3) is 3.30. The summed E-state index contributed by atoms with van der Waals surface area (Å²) in [5.41, 5.74) is 1.26. The Morgan fingerprint density at radius 3 is 2.14 bits per heavy atom. The van der Waals surface area contributed by atoms with E-state index in [1.807, 2.05) is 24.3 Å². The molecule has 1 radical (unpaired) electrons. The molecule has 0 aliphatic rings. The lowest BCUT2D eigenvalue weighted by molar-refractivity contribution is -0.224.